The fourth-order valence-electron chi connectivity index (χ4n) is 2.97. The number of nitrogens with zero attached hydrogens (tertiary/aromatic N) is 1. The van der Waals surface area contributed by atoms with E-state index in [0.29, 0.717) is 0 Å². The standard InChI is InChI=1S/C14H20N2/c1-15-12-7-8-16(10-12)14-9-13(14)11-5-3-2-4-6-11/h2-6,12-15H,7-10H2,1H3. The van der Waals surface area contributed by atoms with Gasteiger partial charge in [0.15, 0.2) is 0 Å². The lowest BCUT2D eigenvalue weighted by Crippen LogP contribution is -2.31. The molecule has 1 aromatic rings. The Labute approximate surface area is 97.6 Å². The van der Waals surface area contributed by atoms with Crippen molar-refractivity contribution < 1.29 is 0 Å². The molecular weight excluding hydrogens is 196 g/mol. The van der Waals surface area contributed by atoms with E-state index in [9.17, 15) is 0 Å². The van der Waals surface area contributed by atoms with Crippen LogP contribution in [-0.2, 0) is 0 Å². The number of likely N-dealkylation sites (tertiary alicyclic amines) is 1. The maximum absolute atomic E-state index is 3.39. The van der Waals surface area contributed by atoms with Crippen LogP contribution >= 0.6 is 0 Å². The van der Waals surface area contributed by atoms with Gasteiger partial charge in [-0.15, -0.1) is 0 Å². The maximum Gasteiger partial charge on any atom is 0.0204 e. The van der Waals surface area contributed by atoms with Gasteiger partial charge >= 0.3 is 0 Å². The number of benzene rings is 1. The molecule has 1 aliphatic carbocycles. The first-order valence-corrected chi connectivity index (χ1v) is 6.35. The van der Waals surface area contributed by atoms with Crippen molar-refractivity contribution in [3.8, 4) is 0 Å². The largest absolute Gasteiger partial charge is 0.316 e. The molecule has 3 unspecified atom stereocenters. The van der Waals surface area contributed by atoms with E-state index in [0.717, 1.165) is 18.0 Å². The maximum atomic E-state index is 3.39. The van der Waals surface area contributed by atoms with Crippen molar-refractivity contribution in [3.05, 3.63) is 35.9 Å². The molecule has 1 N–H and O–H groups in total. The average molecular weight is 216 g/mol. The Balaban J connectivity index is 1.61. The fraction of sp³-hybridized carbons (Fsp3) is 0.571. The van der Waals surface area contributed by atoms with Gasteiger partial charge in [0, 0.05) is 31.1 Å². The lowest BCUT2D eigenvalue weighted by molar-refractivity contribution is 0.314. The number of hydrogen-bond donors (Lipinski definition) is 1. The first-order chi connectivity index (χ1) is 7.88. The fourth-order valence-corrected chi connectivity index (χ4v) is 2.97. The van der Waals surface area contributed by atoms with Gasteiger partial charge in [0.2, 0.25) is 0 Å². The average Bonchev–Trinajstić information content (AvgIpc) is 3.01. The van der Waals surface area contributed by atoms with Crippen LogP contribution in [0.3, 0.4) is 0 Å². The van der Waals surface area contributed by atoms with Crippen LogP contribution in [0.15, 0.2) is 30.3 Å². The summed E-state index contributed by atoms with van der Waals surface area (Å²) in [6.07, 6.45) is 2.68. The predicted octanol–water partition coefficient (Wildman–Crippen LogP) is 1.84. The van der Waals surface area contributed by atoms with Gasteiger partial charge in [0.05, 0.1) is 0 Å². The van der Waals surface area contributed by atoms with Gasteiger partial charge in [-0.05, 0) is 25.5 Å². The lowest BCUT2D eigenvalue weighted by Gasteiger charge is -2.15. The van der Waals surface area contributed by atoms with Crippen molar-refractivity contribution in [2.45, 2.75) is 30.8 Å². The first-order valence-electron chi connectivity index (χ1n) is 6.35. The molecule has 2 aliphatic rings. The van der Waals surface area contributed by atoms with E-state index in [2.05, 4.69) is 47.6 Å². The molecule has 1 saturated carbocycles. The zero-order chi connectivity index (χ0) is 11.0. The van der Waals surface area contributed by atoms with Gasteiger partial charge in [0.25, 0.3) is 0 Å². The van der Waals surface area contributed by atoms with Crippen LogP contribution in [0.4, 0.5) is 0 Å². The molecule has 2 heteroatoms. The Morgan fingerprint density at radius 2 is 2.06 bits per heavy atom. The van der Waals surface area contributed by atoms with Crippen molar-refractivity contribution in [1.82, 2.24) is 10.2 Å². The number of rotatable bonds is 3. The van der Waals surface area contributed by atoms with Crippen LogP contribution in [0, 0.1) is 0 Å². The Hall–Kier alpha value is -0.860. The molecule has 1 aliphatic heterocycles. The van der Waals surface area contributed by atoms with Gasteiger partial charge in [-0.2, -0.15) is 0 Å². The summed E-state index contributed by atoms with van der Waals surface area (Å²) in [7, 11) is 2.08. The summed E-state index contributed by atoms with van der Waals surface area (Å²) < 4.78 is 0. The van der Waals surface area contributed by atoms with Crippen LogP contribution in [0.1, 0.15) is 24.3 Å². The summed E-state index contributed by atoms with van der Waals surface area (Å²) in [5.41, 5.74) is 1.53. The highest BCUT2D eigenvalue weighted by atomic mass is 15.2. The SMILES string of the molecule is CNC1CCN(C2CC2c2ccccc2)C1. The van der Waals surface area contributed by atoms with Gasteiger partial charge in [0.1, 0.15) is 0 Å². The van der Waals surface area contributed by atoms with Crippen molar-refractivity contribution in [2.75, 3.05) is 20.1 Å². The van der Waals surface area contributed by atoms with E-state index < -0.39 is 0 Å². The van der Waals surface area contributed by atoms with E-state index in [1.807, 2.05) is 0 Å². The summed E-state index contributed by atoms with van der Waals surface area (Å²) in [5.74, 6) is 0.803. The Morgan fingerprint density at radius 3 is 2.75 bits per heavy atom. The summed E-state index contributed by atoms with van der Waals surface area (Å²) in [4.78, 5) is 2.67. The molecule has 16 heavy (non-hydrogen) atoms. The summed E-state index contributed by atoms with van der Waals surface area (Å²) in [5, 5.41) is 3.39. The summed E-state index contributed by atoms with van der Waals surface area (Å²) >= 11 is 0. The molecule has 2 nitrogen and oxygen atoms in total. The van der Waals surface area contributed by atoms with E-state index in [-0.39, 0.29) is 0 Å². The van der Waals surface area contributed by atoms with Crippen molar-refractivity contribution in [1.29, 1.82) is 0 Å². The van der Waals surface area contributed by atoms with Crippen molar-refractivity contribution in [2.24, 2.45) is 0 Å². The molecule has 3 atom stereocenters. The molecular formula is C14H20N2. The third-order valence-corrected chi connectivity index (χ3v) is 4.08. The minimum absolute atomic E-state index is 0.719. The molecule has 0 bridgehead atoms. The van der Waals surface area contributed by atoms with Crippen LogP contribution in [0.25, 0.3) is 0 Å². The Kier molecular flexibility index (Phi) is 2.70. The molecule has 1 heterocycles. The van der Waals surface area contributed by atoms with E-state index in [1.165, 1.54) is 31.5 Å². The summed E-state index contributed by atoms with van der Waals surface area (Å²) in [6, 6.07) is 12.5. The Morgan fingerprint density at radius 1 is 1.25 bits per heavy atom. The van der Waals surface area contributed by atoms with Gasteiger partial charge in [-0.3, -0.25) is 4.90 Å². The number of likely N-dealkylation sites (N-methyl/N-ethyl adjacent to an activating group) is 1. The topological polar surface area (TPSA) is 15.3 Å². The Bertz CT molecular complexity index is 349. The minimum atomic E-state index is 0.719. The third-order valence-electron chi connectivity index (χ3n) is 4.08. The highest BCUT2D eigenvalue weighted by Gasteiger charge is 2.44. The summed E-state index contributed by atoms with van der Waals surface area (Å²) in [6.45, 7) is 2.52. The van der Waals surface area contributed by atoms with Crippen LogP contribution in [0.5, 0.6) is 0 Å². The highest BCUT2D eigenvalue weighted by Crippen LogP contribution is 2.45. The molecule has 0 radical (unpaired) electrons. The molecule has 86 valence electrons. The monoisotopic (exact) mass is 216 g/mol. The predicted molar refractivity (Wildman–Crippen MR) is 66.6 cm³/mol. The zero-order valence-electron chi connectivity index (χ0n) is 9.89. The van der Waals surface area contributed by atoms with Gasteiger partial charge < -0.3 is 5.32 Å². The molecule has 1 aromatic carbocycles. The minimum Gasteiger partial charge on any atom is -0.316 e. The van der Waals surface area contributed by atoms with Crippen LogP contribution in [-0.4, -0.2) is 37.1 Å². The van der Waals surface area contributed by atoms with E-state index >= 15 is 0 Å². The second-order valence-corrected chi connectivity index (χ2v) is 5.09. The van der Waals surface area contributed by atoms with Crippen molar-refractivity contribution in [3.63, 3.8) is 0 Å². The molecule has 1 saturated heterocycles. The highest BCUT2D eigenvalue weighted by molar-refractivity contribution is 5.28. The normalized spacial score (nSPS) is 34.2. The number of hydrogen-bond acceptors (Lipinski definition) is 2. The molecule has 3 rings (SSSR count). The van der Waals surface area contributed by atoms with Gasteiger partial charge in [-0.25, -0.2) is 0 Å². The lowest BCUT2D eigenvalue weighted by atomic mass is 10.1. The third kappa shape index (κ3) is 1.87. The second kappa shape index (κ2) is 4.19. The molecule has 0 aromatic heterocycles. The number of nitrogens with one attached hydrogen (secondary N) is 1. The van der Waals surface area contributed by atoms with Crippen LogP contribution in [0.2, 0.25) is 0 Å². The smallest absolute Gasteiger partial charge is 0.0204 e. The van der Waals surface area contributed by atoms with Gasteiger partial charge in [-0.1, -0.05) is 30.3 Å². The molecule has 0 spiro atoms. The van der Waals surface area contributed by atoms with E-state index in [4.69, 9.17) is 0 Å². The van der Waals surface area contributed by atoms with Crippen molar-refractivity contribution >= 4 is 0 Å². The molecule has 2 fully saturated rings. The van der Waals surface area contributed by atoms with E-state index in [1.54, 1.807) is 0 Å². The second-order valence-electron chi connectivity index (χ2n) is 5.09. The molecule has 0 amide bonds. The van der Waals surface area contributed by atoms with Crippen LogP contribution < -0.4 is 5.32 Å². The quantitative estimate of drug-likeness (QED) is 0.829. The first kappa shape index (κ1) is 10.3. The zero-order valence-corrected chi connectivity index (χ0v) is 9.89.